The molecule has 0 bridgehead atoms. The summed E-state index contributed by atoms with van der Waals surface area (Å²) in [5.74, 6) is 0.0956. The van der Waals surface area contributed by atoms with Gasteiger partial charge in [0.25, 0.3) is 5.91 Å². The normalized spacial score (nSPS) is 17.5. The molecule has 2 aliphatic heterocycles. The highest BCUT2D eigenvalue weighted by Crippen LogP contribution is 2.27. The molecule has 5 heteroatoms. The molecule has 1 N–H and O–H groups in total. The van der Waals surface area contributed by atoms with Gasteiger partial charge in [0.15, 0.2) is 5.69 Å². The second-order valence-electron chi connectivity index (χ2n) is 7.17. The number of fused-ring (bicyclic) bond motifs is 1. The molecule has 126 valence electrons. The van der Waals surface area contributed by atoms with Crippen LogP contribution in [0, 0.1) is 13.8 Å². The lowest BCUT2D eigenvalue weighted by atomic mass is 10.1. The number of likely N-dealkylation sites (tertiary alicyclic amines) is 1. The van der Waals surface area contributed by atoms with Crippen molar-refractivity contribution >= 4 is 5.91 Å². The van der Waals surface area contributed by atoms with Crippen molar-refractivity contribution in [3.8, 4) is 0 Å². The Morgan fingerprint density at radius 1 is 1.12 bits per heavy atom. The van der Waals surface area contributed by atoms with E-state index in [4.69, 9.17) is 0 Å². The summed E-state index contributed by atoms with van der Waals surface area (Å²) in [5.41, 5.74) is 6.76. The quantitative estimate of drug-likeness (QED) is 0.944. The summed E-state index contributed by atoms with van der Waals surface area (Å²) in [5, 5.41) is 7.40. The van der Waals surface area contributed by atoms with Crippen LogP contribution >= 0.6 is 0 Å². The Labute approximate surface area is 142 Å². The summed E-state index contributed by atoms with van der Waals surface area (Å²) in [7, 11) is 0. The molecule has 0 radical (unpaired) electrons. The predicted molar refractivity (Wildman–Crippen MR) is 92.6 cm³/mol. The third-order valence-electron chi connectivity index (χ3n) is 5.00. The van der Waals surface area contributed by atoms with Crippen LogP contribution in [-0.2, 0) is 19.6 Å². The van der Waals surface area contributed by atoms with Crippen LogP contribution in [0.25, 0.3) is 0 Å². The van der Waals surface area contributed by atoms with Gasteiger partial charge >= 0.3 is 0 Å². The van der Waals surface area contributed by atoms with Gasteiger partial charge < -0.3 is 4.90 Å². The van der Waals surface area contributed by atoms with Crippen molar-refractivity contribution in [2.45, 2.75) is 46.3 Å². The van der Waals surface area contributed by atoms with E-state index in [-0.39, 0.29) is 5.91 Å². The summed E-state index contributed by atoms with van der Waals surface area (Å²) in [6, 6.07) is 6.69. The first-order valence-corrected chi connectivity index (χ1v) is 8.75. The Kier molecular flexibility index (Phi) is 3.88. The van der Waals surface area contributed by atoms with Gasteiger partial charge in [-0.05, 0) is 32.3 Å². The van der Waals surface area contributed by atoms with Gasteiger partial charge in [0, 0.05) is 38.3 Å². The lowest BCUT2D eigenvalue weighted by molar-refractivity contribution is 0.0785. The summed E-state index contributed by atoms with van der Waals surface area (Å²) in [6.45, 7) is 8.55. The fraction of sp³-hybridized carbons (Fsp3) is 0.474. The molecule has 1 aromatic carbocycles. The van der Waals surface area contributed by atoms with Gasteiger partial charge in [-0.3, -0.25) is 14.8 Å². The molecule has 5 nitrogen and oxygen atoms in total. The van der Waals surface area contributed by atoms with Gasteiger partial charge in [-0.15, -0.1) is 0 Å². The van der Waals surface area contributed by atoms with Crippen LogP contribution in [0.15, 0.2) is 18.2 Å². The topological polar surface area (TPSA) is 52.2 Å². The third kappa shape index (κ3) is 2.84. The number of nitrogens with one attached hydrogen (secondary N) is 1. The first kappa shape index (κ1) is 15.4. The summed E-state index contributed by atoms with van der Waals surface area (Å²) < 4.78 is 0. The second-order valence-corrected chi connectivity index (χ2v) is 7.17. The Balaban J connectivity index is 1.49. The van der Waals surface area contributed by atoms with Crippen LogP contribution in [0.4, 0.5) is 0 Å². The van der Waals surface area contributed by atoms with Gasteiger partial charge in [-0.1, -0.05) is 29.3 Å². The van der Waals surface area contributed by atoms with Crippen molar-refractivity contribution in [2.24, 2.45) is 0 Å². The smallest absolute Gasteiger partial charge is 0.274 e. The number of amides is 1. The molecule has 1 fully saturated rings. The van der Waals surface area contributed by atoms with E-state index >= 15 is 0 Å². The average molecular weight is 324 g/mol. The highest BCUT2D eigenvalue weighted by Gasteiger charge is 2.30. The van der Waals surface area contributed by atoms with Crippen molar-refractivity contribution in [3.05, 3.63) is 51.8 Å². The number of H-pyrrole nitrogens is 1. The van der Waals surface area contributed by atoms with Gasteiger partial charge in [0.1, 0.15) is 0 Å². The van der Waals surface area contributed by atoms with Crippen molar-refractivity contribution in [3.63, 3.8) is 0 Å². The van der Waals surface area contributed by atoms with Gasteiger partial charge in [0.2, 0.25) is 0 Å². The summed E-state index contributed by atoms with van der Waals surface area (Å²) >= 11 is 0. The van der Waals surface area contributed by atoms with Crippen LogP contribution in [-0.4, -0.2) is 39.0 Å². The molecule has 24 heavy (non-hydrogen) atoms. The number of hydrogen-bond donors (Lipinski definition) is 1. The highest BCUT2D eigenvalue weighted by atomic mass is 16.2. The number of hydrogen-bond acceptors (Lipinski definition) is 3. The molecule has 0 spiro atoms. The van der Waals surface area contributed by atoms with Gasteiger partial charge in [0.05, 0.1) is 5.69 Å². The number of nitrogens with zero attached hydrogens (tertiary/aromatic N) is 3. The molecule has 2 aromatic rings. The van der Waals surface area contributed by atoms with E-state index in [2.05, 4.69) is 47.1 Å². The lowest BCUT2D eigenvalue weighted by Crippen LogP contribution is -2.29. The molecule has 0 unspecified atom stereocenters. The number of rotatable bonds is 3. The molecule has 3 heterocycles. The number of carbonyl (C=O) groups is 1. The van der Waals surface area contributed by atoms with E-state index in [9.17, 15) is 4.79 Å². The van der Waals surface area contributed by atoms with E-state index in [1.807, 2.05) is 4.90 Å². The van der Waals surface area contributed by atoms with Crippen LogP contribution in [0.5, 0.6) is 0 Å². The van der Waals surface area contributed by atoms with Gasteiger partial charge in [-0.25, -0.2) is 0 Å². The molecule has 0 aliphatic carbocycles. The Hall–Kier alpha value is -2.14. The monoisotopic (exact) mass is 324 g/mol. The fourth-order valence-electron chi connectivity index (χ4n) is 3.98. The zero-order valence-electron chi connectivity index (χ0n) is 14.4. The minimum absolute atomic E-state index is 0.0956. The maximum atomic E-state index is 12.6. The van der Waals surface area contributed by atoms with Gasteiger partial charge in [-0.2, -0.15) is 5.10 Å². The molecule has 0 saturated carbocycles. The van der Waals surface area contributed by atoms with Crippen LogP contribution in [0.2, 0.25) is 0 Å². The minimum Gasteiger partial charge on any atom is -0.337 e. The number of aryl methyl sites for hydroxylation is 2. The Bertz CT molecular complexity index is 753. The molecule has 1 saturated heterocycles. The molecule has 1 amide bonds. The lowest BCUT2D eigenvalue weighted by Gasteiger charge is -2.17. The van der Waals surface area contributed by atoms with E-state index in [1.165, 1.54) is 16.7 Å². The minimum atomic E-state index is 0.0956. The average Bonchev–Trinajstić information content (AvgIpc) is 3.21. The standard InChI is InChI=1S/C19H24N4O/c1-13-7-14(2)9-15(8-13)10-22-11-16-17(12-22)20-21-18(16)19(24)23-5-3-4-6-23/h7-9H,3-6,10-12H2,1-2H3,(H,20,21). The number of aromatic nitrogens is 2. The van der Waals surface area contributed by atoms with Crippen molar-refractivity contribution in [2.75, 3.05) is 13.1 Å². The summed E-state index contributed by atoms with van der Waals surface area (Å²) in [6.07, 6.45) is 2.22. The molecular formula is C19H24N4O. The SMILES string of the molecule is Cc1cc(C)cc(CN2Cc3[nH]nc(C(=O)N4CCCC4)c3C2)c1. The Morgan fingerprint density at radius 2 is 1.83 bits per heavy atom. The number of carbonyl (C=O) groups excluding carboxylic acids is 1. The van der Waals surface area contributed by atoms with E-state index < -0.39 is 0 Å². The van der Waals surface area contributed by atoms with Crippen LogP contribution in [0.3, 0.4) is 0 Å². The molecule has 4 rings (SSSR count). The largest absolute Gasteiger partial charge is 0.337 e. The highest BCUT2D eigenvalue weighted by molar-refractivity contribution is 5.94. The van der Waals surface area contributed by atoms with Crippen molar-refractivity contribution in [1.82, 2.24) is 20.0 Å². The first-order valence-electron chi connectivity index (χ1n) is 8.75. The second kappa shape index (κ2) is 6.06. The van der Waals surface area contributed by atoms with E-state index in [0.717, 1.165) is 56.8 Å². The molecule has 1 aromatic heterocycles. The molecular weight excluding hydrogens is 300 g/mol. The zero-order valence-corrected chi connectivity index (χ0v) is 14.4. The predicted octanol–water partition coefficient (Wildman–Crippen LogP) is 2.78. The third-order valence-corrected chi connectivity index (χ3v) is 5.00. The fourth-order valence-corrected chi connectivity index (χ4v) is 3.98. The first-order chi connectivity index (χ1) is 11.6. The molecule has 2 aliphatic rings. The zero-order chi connectivity index (χ0) is 16.7. The van der Waals surface area contributed by atoms with E-state index in [1.54, 1.807) is 0 Å². The Morgan fingerprint density at radius 3 is 2.54 bits per heavy atom. The molecule has 0 atom stereocenters. The van der Waals surface area contributed by atoms with Crippen LogP contribution in [0.1, 0.15) is 51.3 Å². The van der Waals surface area contributed by atoms with Crippen LogP contribution < -0.4 is 0 Å². The van der Waals surface area contributed by atoms with Crippen molar-refractivity contribution in [1.29, 1.82) is 0 Å². The number of benzene rings is 1. The van der Waals surface area contributed by atoms with E-state index in [0.29, 0.717) is 5.69 Å². The number of aromatic amines is 1. The maximum Gasteiger partial charge on any atom is 0.274 e. The van der Waals surface area contributed by atoms with Crippen molar-refractivity contribution < 1.29 is 4.79 Å². The maximum absolute atomic E-state index is 12.6. The summed E-state index contributed by atoms with van der Waals surface area (Å²) in [4.78, 5) is 17.0.